The second-order valence-corrected chi connectivity index (χ2v) is 5.80. The molecule has 1 rings (SSSR count). The summed E-state index contributed by atoms with van der Waals surface area (Å²) in [5, 5.41) is 9.09. The van der Waals surface area contributed by atoms with Gasteiger partial charge in [-0.1, -0.05) is 20.8 Å². The second-order valence-electron chi connectivity index (χ2n) is 5.80. The van der Waals surface area contributed by atoms with Crippen LogP contribution in [0.2, 0.25) is 0 Å². The van der Waals surface area contributed by atoms with Crippen LogP contribution < -0.4 is 5.73 Å². The van der Waals surface area contributed by atoms with Crippen molar-refractivity contribution >= 4 is 5.97 Å². The van der Waals surface area contributed by atoms with Crippen LogP contribution in [0.1, 0.15) is 52.9 Å². The van der Waals surface area contributed by atoms with Crippen LogP contribution in [0.4, 0.5) is 0 Å². The highest BCUT2D eigenvalue weighted by Crippen LogP contribution is 2.47. The Balaban J connectivity index is 2.88. The fraction of sp³-hybridized carbons (Fsp3) is 0.923. The number of carboxylic acids is 1. The molecule has 0 radical (unpaired) electrons. The van der Waals surface area contributed by atoms with Crippen molar-refractivity contribution in [1.29, 1.82) is 0 Å². The van der Waals surface area contributed by atoms with Crippen LogP contribution in [0.3, 0.4) is 0 Å². The third kappa shape index (κ3) is 2.97. The van der Waals surface area contributed by atoms with E-state index in [1.165, 1.54) is 6.42 Å². The molecule has 3 nitrogen and oxygen atoms in total. The highest BCUT2D eigenvalue weighted by molar-refractivity contribution is 5.68. The topological polar surface area (TPSA) is 63.3 Å². The van der Waals surface area contributed by atoms with Gasteiger partial charge in [-0.2, -0.15) is 0 Å². The van der Waals surface area contributed by atoms with Gasteiger partial charge in [0.05, 0.1) is 6.42 Å². The average Bonchev–Trinajstić information content (AvgIpc) is 2.13. The van der Waals surface area contributed by atoms with Crippen LogP contribution in [0.25, 0.3) is 0 Å². The van der Waals surface area contributed by atoms with E-state index in [4.69, 9.17) is 10.8 Å². The van der Waals surface area contributed by atoms with Gasteiger partial charge in [-0.15, -0.1) is 0 Å². The SMILES string of the molecule is CCC(N)C1(CC(=O)O)CC(C)CC(C)C1. The summed E-state index contributed by atoms with van der Waals surface area (Å²) in [4.78, 5) is 11.1. The van der Waals surface area contributed by atoms with Crippen molar-refractivity contribution in [3.8, 4) is 0 Å². The highest BCUT2D eigenvalue weighted by atomic mass is 16.4. The fourth-order valence-corrected chi connectivity index (χ4v) is 3.64. The van der Waals surface area contributed by atoms with Crippen molar-refractivity contribution in [2.75, 3.05) is 0 Å². The first-order valence-corrected chi connectivity index (χ1v) is 6.37. The van der Waals surface area contributed by atoms with Gasteiger partial charge in [-0.05, 0) is 42.9 Å². The molecule has 0 aliphatic heterocycles. The summed E-state index contributed by atoms with van der Waals surface area (Å²) in [5.74, 6) is 0.492. The molecule has 1 saturated carbocycles. The second kappa shape index (κ2) is 5.17. The average molecular weight is 227 g/mol. The first kappa shape index (κ1) is 13.5. The highest BCUT2D eigenvalue weighted by Gasteiger charge is 2.43. The zero-order valence-corrected chi connectivity index (χ0v) is 10.7. The molecule has 0 saturated heterocycles. The summed E-state index contributed by atoms with van der Waals surface area (Å²) in [6, 6.07) is 0.0220. The maximum absolute atomic E-state index is 11.1. The maximum atomic E-state index is 11.1. The molecule has 3 N–H and O–H groups in total. The molecule has 1 aliphatic rings. The molecule has 0 aromatic carbocycles. The first-order valence-electron chi connectivity index (χ1n) is 6.37. The predicted molar refractivity (Wildman–Crippen MR) is 65.1 cm³/mol. The molecule has 0 spiro atoms. The largest absolute Gasteiger partial charge is 0.481 e. The molecule has 3 atom stereocenters. The molecule has 0 aromatic heterocycles. The lowest BCUT2D eigenvalue weighted by Gasteiger charge is -2.45. The molecule has 94 valence electrons. The minimum atomic E-state index is -0.704. The van der Waals surface area contributed by atoms with Gasteiger partial charge < -0.3 is 10.8 Å². The molecule has 3 unspecified atom stereocenters. The summed E-state index contributed by atoms with van der Waals surface area (Å²) in [6.45, 7) is 6.49. The van der Waals surface area contributed by atoms with E-state index in [0.29, 0.717) is 11.8 Å². The Morgan fingerprint density at radius 2 is 1.94 bits per heavy atom. The number of aliphatic carboxylic acids is 1. The Morgan fingerprint density at radius 3 is 2.31 bits per heavy atom. The third-order valence-electron chi connectivity index (χ3n) is 4.04. The molecule has 0 aromatic rings. The quantitative estimate of drug-likeness (QED) is 0.776. The molecule has 0 bridgehead atoms. The zero-order chi connectivity index (χ0) is 12.3. The number of hydrogen-bond acceptors (Lipinski definition) is 2. The Kier molecular flexibility index (Phi) is 4.36. The van der Waals surface area contributed by atoms with Crippen LogP contribution >= 0.6 is 0 Å². The minimum absolute atomic E-state index is 0.0220. The van der Waals surface area contributed by atoms with Crippen molar-refractivity contribution in [3.05, 3.63) is 0 Å². The van der Waals surface area contributed by atoms with E-state index in [-0.39, 0.29) is 17.9 Å². The fourth-order valence-electron chi connectivity index (χ4n) is 3.64. The standard InChI is InChI=1S/C13H25NO2/c1-4-11(14)13(8-12(15)16)6-9(2)5-10(3)7-13/h9-11H,4-8,14H2,1-3H3,(H,15,16). The lowest BCUT2D eigenvalue weighted by atomic mass is 9.61. The van der Waals surface area contributed by atoms with Gasteiger partial charge >= 0.3 is 5.97 Å². The van der Waals surface area contributed by atoms with E-state index >= 15 is 0 Å². The van der Waals surface area contributed by atoms with E-state index in [1.54, 1.807) is 0 Å². The van der Waals surface area contributed by atoms with E-state index in [9.17, 15) is 4.79 Å². The maximum Gasteiger partial charge on any atom is 0.303 e. The van der Waals surface area contributed by atoms with Crippen molar-refractivity contribution in [1.82, 2.24) is 0 Å². The van der Waals surface area contributed by atoms with Gasteiger partial charge in [0.15, 0.2) is 0 Å². The van der Waals surface area contributed by atoms with Crippen molar-refractivity contribution in [2.24, 2.45) is 23.0 Å². The van der Waals surface area contributed by atoms with E-state index in [0.717, 1.165) is 19.3 Å². The number of rotatable bonds is 4. The van der Waals surface area contributed by atoms with Gasteiger partial charge in [0.2, 0.25) is 0 Å². The molecule has 1 fully saturated rings. The van der Waals surface area contributed by atoms with Crippen molar-refractivity contribution in [3.63, 3.8) is 0 Å². The molecule has 3 heteroatoms. The zero-order valence-electron chi connectivity index (χ0n) is 10.7. The summed E-state index contributed by atoms with van der Waals surface area (Å²) >= 11 is 0. The smallest absolute Gasteiger partial charge is 0.303 e. The minimum Gasteiger partial charge on any atom is -0.481 e. The molecule has 1 aliphatic carbocycles. The monoisotopic (exact) mass is 227 g/mol. The lowest BCUT2D eigenvalue weighted by Crippen LogP contribution is -2.47. The van der Waals surface area contributed by atoms with Crippen LogP contribution in [0.15, 0.2) is 0 Å². The Bertz CT molecular complexity index is 242. The van der Waals surface area contributed by atoms with E-state index in [1.807, 2.05) is 0 Å². The van der Waals surface area contributed by atoms with Crippen LogP contribution in [-0.4, -0.2) is 17.1 Å². The summed E-state index contributed by atoms with van der Waals surface area (Å²) in [6.07, 6.45) is 4.25. The van der Waals surface area contributed by atoms with Crippen LogP contribution in [0, 0.1) is 17.3 Å². The Labute approximate surface area is 98.4 Å². The molecule has 16 heavy (non-hydrogen) atoms. The van der Waals surface area contributed by atoms with Gasteiger partial charge in [0.25, 0.3) is 0 Å². The molecular formula is C13H25NO2. The van der Waals surface area contributed by atoms with Gasteiger partial charge in [-0.3, -0.25) is 4.79 Å². The van der Waals surface area contributed by atoms with Crippen LogP contribution in [0.5, 0.6) is 0 Å². The summed E-state index contributed by atoms with van der Waals surface area (Å²) in [7, 11) is 0. The summed E-state index contributed by atoms with van der Waals surface area (Å²) < 4.78 is 0. The normalized spacial score (nSPS) is 37.0. The van der Waals surface area contributed by atoms with Crippen molar-refractivity contribution in [2.45, 2.75) is 58.9 Å². The number of carboxylic acid groups (broad SMARTS) is 1. The first-order chi connectivity index (χ1) is 7.39. The number of carbonyl (C=O) groups is 1. The van der Waals surface area contributed by atoms with E-state index in [2.05, 4.69) is 20.8 Å². The van der Waals surface area contributed by atoms with E-state index < -0.39 is 5.97 Å². The molecular weight excluding hydrogens is 202 g/mol. The molecule has 0 heterocycles. The van der Waals surface area contributed by atoms with Gasteiger partial charge in [0, 0.05) is 6.04 Å². The Morgan fingerprint density at radius 1 is 1.44 bits per heavy atom. The van der Waals surface area contributed by atoms with Gasteiger partial charge in [0.1, 0.15) is 0 Å². The summed E-state index contributed by atoms with van der Waals surface area (Å²) in [5.41, 5.74) is 6.02. The molecule has 0 amide bonds. The predicted octanol–water partition coefficient (Wildman–Crippen LogP) is 2.64. The van der Waals surface area contributed by atoms with Gasteiger partial charge in [-0.25, -0.2) is 0 Å². The Hall–Kier alpha value is -0.570. The third-order valence-corrected chi connectivity index (χ3v) is 4.04. The number of nitrogens with two attached hydrogens (primary N) is 1. The lowest BCUT2D eigenvalue weighted by molar-refractivity contribution is -0.141. The van der Waals surface area contributed by atoms with Crippen molar-refractivity contribution < 1.29 is 9.90 Å². The van der Waals surface area contributed by atoms with Crippen LogP contribution in [-0.2, 0) is 4.79 Å². The number of hydrogen-bond donors (Lipinski definition) is 2.